The average Bonchev–Trinajstić information content (AvgIpc) is 3.25. The number of sulfonamides is 1. The highest BCUT2D eigenvalue weighted by Gasteiger charge is 2.37. The first-order valence-corrected chi connectivity index (χ1v) is 10.1. The summed E-state index contributed by atoms with van der Waals surface area (Å²) in [5, 5.41) is 4.21. The second-order valence-corrected chi connectivity index (χ2v) is 8.55. The lowest BCUT2D eigenvalue weighted by Crippen LogP contribution is -2.38. The van der Waals surface area contributed by atoms with Crippen LogP contribution in [0, 0.1) is 0 Å². The number of nitrogens with one attached hydrogen (secondary N) is 1. The zero-order valence-corrected chi connectivity index (χ0v) is 14.8. The topological polar surface area (TPSA) is 55.4 Å². The van der Waals surface area contributed by atoms with Crippen LogP contribution < -0.4 is 9.46 Å². The van der Waals surface area contributed by atoms with Crippen LogP contribution >= 0.6 is 11.3 Å². The molecule has 0 amide bonds. The van der Waals surface area contributed by atoms with Gasteiger partial charge in [0.15, 0.2) is 0 Å². The molecule has 23 heavy (non-hydrogen) atoms. The fourth-order valence-corrected chi connectivity index (χ4v) is 5.16. The standard InChI is InChI=1S/C17H21NO3S2/c1-21-15-4-6-16(7-5-15)23(19,20)18-13-17(9-2-3-10-17)14-8-11-22-12-14/h4-8,11-12,18H,2-3,9-10,13H2,1H3. The third kappa shape index (κ3) is 3.44. The van der Waals surface area contributed by atoms with Crippen LogP contribution in [0.3, 0.4) is 0 Å². The molecule has 1 saturated carbocycles. The van der Waals surface area contributed by atoms with E-state index in [0.717, 1.165) is 25.7 Å². The van der Waals surface area contributed by atoms with Gasteiger partial charge in [-0.2, -0.15) is 11.3 Å². The molecule has 0 spiro atoms. The molecule has 1 aromatic heterocycles. The highest BCUT2D eigenvalue weighted by Crippen LogP contribution is 2.41. The number of rotatable bonds is 6. The molecule has 6 heteroatoms. The summed E-state index contributed by atoms with van der Waals surface area (Å²) < 4.78 is 33.0. The monoisotopic (exact) mass is 351 g/mol. The van der Waals surface area contributed by atoms with Gasteiger partial charge < -0.3 is 4.74 Å². The van der Waals surface area contributed by atoms with Crippen LogP contribution in [0.5, 0.6) is 5.75 Å². The van der Waals surface area contributed by atoms with Gasteiger partial charge in [0.05, 0.1) is 12.0 Å². The molecule has 1 heterocycles. The SMILES string of the molecule is COc1ccc(S(=O)(=O)NCC2(c3ccsc3)CCCC2)cc1. The minimum absolute atomic E-state index is 0.0560. The quantitative estimate of drug-likeness (QED) is 0.866. The van der Waals surface area contributed by atoms with Gasteiger partial charge in [0.2, 0.25) is 10.0 Å². The Balaban J connectivity index is 1.77. The first-order chi connectivity index (χ1) is 11.1. The Kier molecular flexibility index (Phi) is 4.75. The molecular weight excluding hydrogens is 330 g/mol. The van der Waals surface area contributed by atoms with E-state index < -0.39 is 10.0 Å². The van der Waals surface area contributed by atoms with Crippen molar-refractivity contribution >= 4 is 21.4 Å². The van der Waals surface area contributed by atoms with Gasteiger partial charge in [-0.15, -0.1) is 0 Å². The molecule has 1 aromatic carbocycles. The number of hydrogen-bond acceptors (Lipinski definition) is 4. The molecule has 1 aliphatic carbocycles. The third-order valence-corrected chi connectivity index (χ3v) is 6.76. The van der Waals surface area contributed by atoms with Gasteiger partial charge in [-0.05, 0) is 59.5 Å². The Labute approximate surface area is 141 Å². The normalized spacial score (nSPS) is 17.3. The Bertz CT molecular complexity index is 731. The van der Waals surface area contributed by atoms with Crippen molar-refractivity contribution in [2.24, 2.45) is 0 Å². The van der Waals surface area contributed by atoms with Crippen molar-refractivity contribution in [3.63, 3.8) is 0 Å². The van der Waals surface area contributed by atoms with E-state index in [-0.39, 0.29) is 10.3 Å². The van der Waals surface area contributed by atoms with Gasteiger partial charge in [-0.3, -0.25) is 0 Å². The van der Waals surface area contributed by atoms with E-state index in [1.54, 1.807) is 42.7 Å². The predicted octanol–water partition coefficient (Wildman–Crippen LogP) is 3.55. The first-order valence-electron chi connectivity index (χ1n) is 7.72. The van der Waals surface area contributed by atoms with Gasteiger partial charge in [-0.1, -0.05) is 12.8 Å². The zero-order chi connectivity index (χ0) is 16.3. The predicted molar refractivity (Wildman–Crippen MR) is 92.6 cm³/mol. The van der Waals surface area contributed by atoms with Crippen LogP contribution in [0.15, 0.2) is 46.0 Å². The van der Waals surface area contributed by atoms with Crippen LogP contribution in [-0.2, 0) is 15.4 Å². The van der Waals surface area contributed by atoms with Gasteiger partial charge in [0.1, 0.15) is 5.75 Å². The molecule has 0 aliphatic heterocycles. The summed E-state index contributed by atoms with van der Waals surface area (Å²) in [5.74, 6) is 0.648. The van der Waals surface area contributed by atoms with E-state index in [1.165, 1.54) is 5.56 Å². The molecule has 0 unspecified atom stereocenters. The Hall–Kier alpha value is -1.37. The Morgan fingerprint density at radius 3 is 2.43 bits per heavy atom. The molecule has 1 N–H and O–H groups in total. The van der Waals surface area contributed by atoms with Crippen LogP contribution in [0.2, 0.25) is 0 Å². The van der Waals surface area contributed by atoms with E-state index in [9.17, 15) is 8.42 Å². The molecule has 4 nitrogen and oxygen atoms in total. The summed E-state index contributed by atoms with van der Waals surface area (Å²) in [4.78, 5) is 0.275. The summed E-state index contributed by atoms with van der Waals surface area (Å²) in [6, 6.07) is 8.61. The lowest BCUT2D eigenvalue weighted by molar-refractivity contribution is 0.414. The summed E-state index contributed by atoms with van der Waals surface area (Å²) >= 11 is 1.67. The molecule has 1 aliphatic rings. The number of benzene rings is 1. The van der Waals surface area contributed by atoms with Crippen molar-refractivity contribution in [3.05, 3.63) is 46.7 Å². The van der Waals surface area contributed by atoms with Crippen molar-refractivity contribution in [1.29, 1.82) is 0 Å². The maximum Gasteiger partial charge on any atom is 0.240 e. The first kappa shape index (κ1) is 16.5. The minimum atomic E-state index is -3.50. The Morgan fingerprint density at radius 2 is 1.87 bits per heavy atom. The van der Waals surface area contributed by atoms with E-state index in [0.29, 0.717) is 12.3 Å². The number of hydrogen-bond donors (Lipinski definition) is 1. The van der Waals surface area contributed by atoms with E-state index >= 15 is 0 Å². The van der Waals surface area contributed by atoms with E-state index in [1.807, 2.05) is 0 Å². The summed E-state index contributed by atoms with van der Waals surface area (Å²) in [6.45, 7) is 0.456. The maximum atomic E-state index is 12.6. The van der Waals surface area contributed by atoms with Crippen LogP contribution in [-0.4, -0.2) is 22.1 Å². The van der Waals surface area contributed by atoms with Gasteiger partial charge >= 0.3 is 0 Å². The van der Waals surface area contributed by atoms with Crippen LogP contribution in [0.1, 0.15) is 31.2 Å². The lowest BCUT2D eigenvalue weighted by Gasteiger charge is -2.28. The maximum absolute atomic E-state index is 12.6. The third-order valence-electron chi connectivity index (χ3n) is 4.66. The number of methoxy groups -OCH3 is 1. The summed E-state index contributed by atoms with van der Waals surface area (Å²) in [6.07, 6.45) is 4.38. The zero-order valence-electron chi connectivity index (χ0n) is 13.1. The molecule has 1 fully saturated rings. The molecule has 2 aromatic rings. The van der Waals surface area contributed by atoms with Crippen molar-refractivity contribution in [3.8, 4) is 5.75 Å². The highest BCUT2D eigenvalue weighted by molar-refractivity contribution is 7.89. The fourth-order valence-electron chi connectivity index (χ4n) is 3.26. The van der Waals surface area contributed by atoms with Gasteiger partial charge in [-0.25, -0.2) is 13.1 Å². The fraction of sp³-hybridized carbons (Fsp3) is 0.412. The van der Waals surface area contributed by atoms with E-state index in [4.69, 9.17) is 4.74 Å². The molecular formula is C17H21NO3S2. The molecule has 0 radical (unpaired) electrons. The molecule has 0 saturated heterocycles. The van der Waals surface area contributed by atoms with Crippen LogP contribution in [0.4, 0.5) is 0 Å². The smallest absolute Gasteiger partial charge is 0.240 e. The largest absolute Gasteiger partial charge is 0.497 e. The molecule has 0 atom stereocenters. The highest BCUT2D eigenvalue weighted by atomic mass is 32.2. The average molecular weight is 351 g/mol. The Morgan fingerprint density at radius 1 is 1.17 bits per heavy atom. The van der Waals surface area contributed by atoms with Crippen molar-refractivity contribution in [2.75, 3.05) is 13.7 Å². The van der Waals surface area contributed by atoms with Crippen LogP contribution in [0.25, 0.3) is 0 Å². The lowest BCUT2D eigenvalue weighted by atomic mass is 9.81. The van der Waals surface area contributed by atoms with Gasteiger partial charge in [0, 0.05) is 12.0 Å². The molecule has 3 rings (SSSR count). The molecule has 0 bridgehead atoms. The number of thiophene rings is 1. The minimum Gasteiger partial charge on any atom is -0.497 e. The second-order valence-electron chi connectivity index (χ2n) is 6.00. The second kappa shape index (κ2) is 6.63. The molecule has 124 valence electrons. The summed E-state index contributed by atoms with van der Waals surface area (Å²) in [5.41, 5.74) is 1.21. The summed E-state index contributed by atoms with van der Waals surface area (Å²) in [7, 11) is -1.94. The van der Waals surface area contributed by atoms with Crippen molar-refractivity contribution < 1.29 is 13.2 Å². The number of ether oxygens (including phenoxy) is 1. The van der Waals surface area contributed by atoms with Crippen molar-refractivity contribution in [1.82, 2.24) is 4.72 Å². The van der Waals surface area contributed by atoms with Crippen molar-refractivity contribution in [2.45, 2.75) is 36.0 Å². The van der Waals surface area contributed by atoms with E-state index in [2.05, 4.69) is 21.5 Å². The van der Waals surface area contributed by atoms with Gasteiger partial charge in [0.25, 0.3) is 0 Å².